The second-order valence-electron chi connectivity index (χ2n) is 4.64. The van der Waals surface area contributed by atoms with Gasteiger partial charge in [-0.1, -0.05) is 6.92 Å². The summed E-state index contributed by atoms with van der Waals surface area (Å²) in [5.41, 5.74) is -0.631. The third-order valence-corrected chi connectivity index (χ3v) is 3.44. The van der Waals surface area contributed by atoms with Crippen LogP contribution >= 0.6 is 0 Å². The number of H-pyrrole nitrogens is 2. The lowest BCUT2D eigenvalue weighted by atomic mass is 9.79. The van der Waals surface area contributed by atoms with Crippen LogP contribution in [0.25, 0.3) is 0 Å². The minimum absolute atomic E-state index is 0.257. The Morgan fingerprint density at radius 2 is 2.19 bits per heavy atom. The molecule has 0 amide bonds. The van der Waals surface area contributed by atoms with E-state index in [1.54, 1.807) is 0 Å². The van der Waals surface area contributed by atoms with E-state index in [0.29, 0.717) is 12.4 Å². The van der Waals surface area contributed by atoms with Crippen LogP contribution in [0.4, 0.5) is 0 Å². The molecule has 0 aliphatic heterocycles. The summed E-state index contributed by atoms with van der Waals surface area (Å²) in [6.07, 6.45) is 4.11. The van der Waals surface area contributed by atoms with Gasteiger partial charge in [0.05, 0.1) is 0 Å². The number of nitrogens with zero attached hydrogens (tertiary/aromatic N) is 1. The van der Waals surface area contributed by atoms with Gasteiger partial charge in [0.25, 0.3) is 0 Å². The molecule has 2 N–H and O–H groups in total. The summed E-state index contributed by atoms with van der Waals surface area (Å²) in [4.78, 5) is 13.9. The molecule has 1 aromatic heterocycles. The maximum atomic E-state index is 11.1. The zero-order chi connectivity index (χ0) is 11.6. The van der Waals surface area contributed by atoms with Gasteiger partial charge in [-0.2, -0.15) is 5.10 Å². The second-order valence-corrected chi connectivity index (χ2v) is 4.64. The van der Waals surface area contributed by atoms with Crippen molar-refractivity contribution in [2.75, 3.05) is 6.61 Å². The predicted octanol–water partition coefficient (Wildman–Crippen LogP) is 1.54. The summed E-state index contributed by atoms with van der Waals surface area (Å²) in [6.45, 7) is 4.87. The zero-order valence-electron chi connectivity index (χ0n) is 9.88. The largest absolute Gasteiger partial charge is 0.367 e. The van der Waals surface area contributed by atoms with E-state index in [1.165, 1.54) is 0 Å². The maximum Gasteiger partial charge on any atom is 0.340 e. The first kappa shape index (κ1) is 11.4. The Labute approximate surface area is 94.6 Å². The van der Waals surface area contributed by atoms with Gasteiger partial charge in [0.15, 0.2) is 5.82 Å². The molecule has 0 bridgehead atoms. The van der Waals surface area contributed by atoms with E-state index in [1.807, 2.05) is 6.92 Å². The zero-order valence-corrected chi connectivity index (χ0v) is 9.88. The van der Waals surface area contributed by atoms with Crippen LogP contribution in [-0.2, 0) is 10.3 Å². The molecule has 1 heterocycles. The van der Waals surface area contributed by atoms with Gasteiger partial charge in [-0.25, -0.2) is 9.89 Å². The Kier molecular flexibility index (Phi) is 3.14. The van der Waals surface area contributed by atoms with Gasteiger partial charge in [0.2, 0.25) is 0 Å². The summed E-state index contributed by atoms with van der Waals surface area (Å²) < 4.78 is 5.87. The van der Waals surface area contributed by atoms with Crippen LogP contribution in [0.1, 0.15) is 45.4 Å². The number of aromatic nitrogens is 3. The van der Waals surface area contributed by atoms with E-state index in [-0.39, 0.29) is 11.3 Å². The predicted molar refractivity (Wildman–Crippen MR) is 60.1 cm³/mol. The number of rotatable bonds is 3. The van der Waals surface area contributed by atoms with E-state index < -0.39 is 0 Å². The molecule has 90 valence electrons. The van der Waals surface area contributed by atoms with Gasteiger partial charge < -0.3 is 4.74 Å². The average Bonchev–Trinajstić information content (AvgIpc) is 2.70. The van der Waals surface area contributed by atoms with Gasteiger partial charge >= 0.3 is 5.69 Å². The lowest BCUT2D eigenvalue weighted by Gasteiger charge is -2.37. The first-order valence-corrected chi connectivity index (χ1v) is 5.95. The maximum absolute atomic E-state index is 11.1. The van der Waals surface area contributed by atoms with Crippen LogP contribution in [0.5, 0.6) is 0 Å². The topological polar surface area (TPSA) is 70.8 Å². The third kappa shape index (κ3) is 2.04. The van der Waals surface area contributed by atoms with Crippen LogP contribution in [0, 0.1) is 5.92 Å². The first-order chi connectivity index (χ1) is 7.66. The highest BCUT2D eigenvalue weighted by Gasteiger charge is 2.39. The van der Waals surface area contributed by atoms with Crippen molar-refractivity contribution < 1.29 is 4.74 Å². The second kappa shape index (κ2) is 4.41. The molecule has 0 spiro atoms. The molecule has 2 rings (SSSR count). The van der Waals surface area contributed by atoms with Gasteiger partial charge in [0, 0.05) is 6.61 Å². The van der Waals surface area contributed by atoms with Crippen LogP contribution in [-0.4, -0.2) is 21.8 Å². The molecule has 0 aromatic carbocycles. The van der Waals surface area contributed by atoms with E-state index in [4.69, 9.17) is 4.74 Å². The molecular formula is C11H19N3O2. The average molecular weight is 225 g/mol. The van der Waals surface area contributed by atoms with Crippen LogP contribution in [0.3, 0.4) is 0 Å². The fourth-order valence-electron chi connectivity index (χ4n) is 2.44. The monoisotopic (exact) mass is 225 g/mol. The highest BCUT2D eigenvalue weighted by molar-refractivity contribution is 5.02. The first-order valence-electron chi connectivity index (χ1n) is 5.95. The minimum atomic E-state index is -0.375. The van der Waals surface area contributed by atoms with Crippen molar-refractivity contribution >= 4 is 0 Å². The Balaban J connectivity index is 2.25. The third-order valence-electron chi connectivity index (χ3n) is 3.44. The molecule has 0 saturated heterocycles. The Hall–Kier alpha value is -1.10. The Morgan fingerprint density at radius 1 is 1.50 bits per heavy atom. The van der Waals surface area contributed by atoms with Crippen molar-refractivity contribution in [3.63, 3.8) is 0 Å². The highest BCUT2D eigenvalue weighted by atomic mass is 16.5. The highest BCUT2D eigenvalue weighted by Crippen LogP contribution is 2.40. The molecule has 0 unspecified atom stereocenters. The molecule has 1 aromatic rings. The Morgan fingerprint density at radius 3 is 2.69 bits per heavy atom. The molecule has 5 nitrogen and oxygen atoms in total. The summed E-state index contributed by atoms with van der Waals surface area (Å²) in [7, 11) is 0. The fraction of sp³-hybridized carbons (Fsp3) is 0.818. The van der Waals surface area contributed by atoms with Crippen LogP contribution < -0.4 is 5.69 Å². The Bertz CT molecular complexity index is 388. The van der Waals surface area contributed by atoms with Crippen molar-refractivity contribution in [1.82, 2.24) is 15.2 Å². The van der Waals surface area contributed by atoms with Crippen molar-refractivity contribution in [2.45, 2.75) is 45.1 Å². The normalized spacial score (nSPS) is 30.5. The molecule has 0 atom stereocenters. The van der Waals surface area contributed by atoms with E-state index >= 15 is 0 Å². The standard InChI is InChI=1S/C11H19N3O2/c1-3-16-11(6-4-8(2)5-7-11)9-12-10(15)14-13-9/h8H,3-7H2,1-2H3,(H2,12,13,14,15). The number of nitrogens with one attached hydrogen (secondary N) is 2. The van der Waals surface area contributed by atoms with Gasteiger partial charge in [0.1, 0.15) is 5.60 Å². The fourth-order valence-corrected chi connectivity index (χ4v) is 2.44. The minimum Gasteiger partial charge on any atom is -0.367 e. The van der Waals surface area contributed by atoms with E-state index in [2.05, 4.69) is 22.1 Å². The number of ether oxygens (including phenoxy) is 1. The summed E-state index contributed by atoms with van der Waals surface area (Å²) in [5, 5.41) is 6.46. The lowest BCUT2D eigenvalue weighted by molar-refractivity contribution is -0.0835. The molecule has 1 aliphatic rings. The lowest BCUT2D eigenvalue weighted by Crippen LogP contribution is -2.35. The molecule has 5 heteroatoms. The molecule has 16 heavy (non-hydrogen) atoms. The molecular weight excluding hydrogens is 206 g/mol. The van der Waals surface area contributed by atoms with Gasteiger partial charge in [-0.15, -0.1) is 0 Å². The van der Waals surface area contributed by atoms with E-state index in [0.717, 1.165) is 31.6 Å². The molecule has 1 saturated carbocycles. The van der Waals surface area contributed by atoms with Crippen molar-refractivity contribution in [1.29, 1.82) is 0 Å². The quantitative estimate of drug-likeness (QED) is 0.819. The van der Waals surface area contributed by atoms with Crippen molar-refractivity contribution in [3.05, 3.63) is 16.3 Å². The number of hydrogen-bond acceptors (Lipinski definition) is 3. The molecule has 1 aliphatic carbocycles. The van der Waals surface area contributed by atoms with Crippen molar-refractivity contribution in [2.24, 2.45) is 5.92 Å². The number of aromatic amines is 2. The van der Waals surface area contributed by atoms with Crippen molar-refractivity contribution in [3.8, 4) is 0 Å². The SMILES string of the molecule is CCOC1(c2n[nH]c(=O)[nH]2)CCC(C)CC1. The van der Waals surface area contributed by atoms with E-state index in [9.17, 15) is 4.79 Å². The van der Waals surface area contributed by atoms with Gasteiger partial charge in [-0.3, -0.25) is 4.98 Å². The smallest absolute Gasteiger partial charge is 0.340 e. The summed E-state index contributed by atoms with van der Waals surface area (Å²) >= 11 is 0. The van der Waals surface area contributed by atoms with Crippen LogP contribution in [0.2, 0.25) is 0 Å². The number of hydrogen-bond donors (Lipinski definition) is 2. The molecule has 1 fully saturated rings. The summed E-state index contributed by atoms with van der Waals surface area (Å²) in [5.74, 6) is 1.39. The molecule has 0 radical (unpaired) electrons. The summed E-state index contributed by atoms with van der Waals surface area (Å²) in [6, 6.07) is 0. The van der Waals surface area contributed by atoms with Crippen LogP contribution in [0.15, 0.2) is 4.79 Å². The van der Waals surface area contributed by atoms with Gasteiger partial charge in [-0.05, 0) is 38.5 Å².